The minimum atomic E-state index is -4.51. The van der Waals surface area contributed by atoms with Gasteiger partial charge in [-0.3, -0.25) is 0 Å². The maximum Gasteiger partial charge on any atom is 1.00 e. The van der Waals surface area contributed by atoms with Crippen molar-refractivity contribution in [2.45, 2.75) is 42.3 Å². The van der Waals surface area contributed by atoms with E-state index in [0.717, 1.165) is 12.1 Å². The third kappa shape index (κ3) is 6.25. The molecular formula is C17H21NaO10S. The van der Waals surface area contributed by atoms with Gasteiger partial charge in [-0.2, -0.15) is 0 Å². The minimum absolute atomic E-state index is 0. The third-order valence-corrected chi connectivity index (χ3v) is 5.16. The van der Waals surface area contributed by atoms with Gasteiger partial charge in [0.1, 0.15) is 34.5 Å². The van der Waals surface area contributed by atoms with E-state index >= 15 is 0 Å². The monoisotopic (exact) mass is 440 g/mol. The molecule has 5 atom stereocenters. The van der Waals surface area contributed by atoms with Crippen LogP contribution in [0.25, 0.3) is 10.8 Å². The molecule has 0 aromatic heterocycles. The van der Waals surface area contributed by atoms with E-state index in [4.69, 9.17) is 9.84 Å². The molecule has 10 nitrogen and oxygen atoms in total. The smallest absolute Gasteiger partial charge is 0.744 e. The number of rotatable bonds is 2. The van der Waals surface area contributed by atoms with Crippen LogP contribution >= 0.6 is 0 Å². The fourth-order valence-corrected chi connectivity index (χ4v) is 3.20. The standard InChI is InChI=1S/C10H8O5S.C7H14O5.Na/c11-9-4-6-1-2-8(16(13,14)15)3-7(6)5-10(9)12;1-3-5(9)7(11)6(10)4(2-8)12-3;/h1-5,11-12H,(H,13,14,15);3-11H,2H2,1H3;/q;;+1/p-1. The molecule has 0 radical (unpaired) electrons. The maximum absolute atomic E-state index is 10.8. The third-order valence-electron chi connectivity index (χ3n) is 4.32. The van der Waals surface area contributed by atoms with Crippen molar-refractivity contribution >= 4 is 20.9 Å². The van der Waals surface area contributed by atoms with Crippen molar-refractivity contribution in [1.29, 1.82) is 0 Å². The zero-order chi connectivity index (χ0) is 21.2. The van der Waals surface area contributed by atoms with Crippen LogP contribution in [0.5, 0.6) is 11.5 Å². The van der Waals surface area contributed by atoms with Crippen LogP contribution in [-0.2, 0) is 14.9 Å². The topological polar surface area (TPSA) is 188 Å². The summed E-state index contributed by atoms with van der Waals surface area (Å²) >= 11 is 0. The van der Waals surface area contributed by atoms with Crippen molar-refractivity contribution in [1.82, 2.24) is 0 Å². The van der Waals surface area contributed by atoms with E-state index in [1.165, 1.54) is 18.2 Å². The Hall–Kier alpha value is -0.990. The first-order valence-electron chi connectivity index (χ1n) is 8.18. The van der Waals surface area contributed by atoms with E-state index in [9.17, 15) is 38.5 Å². The summed E-state index contributed by atoms with van der Waals surface area (Å²) in [6.07, 6.45) is -4.94. The summed E-state index contributed by atoms with van der Waals surface area (Å²) in [6, 6.07) is 6.17. The van der Waals surface area contributed by atoms with Gasteiger partial charge in [0.05, 0.1) is 17.6 Å². The molecule has 1 heterocycles. The quantitative estimate of drug-likeness (QED) is 0.153. The molecule has 29 heavy (non-hydrogen) atoms. The van der Waals surface area contributed by atoms with Crippen LogP contribution in [0.3, 0.4) is 0 Å². The molecule has 2 aromatic rings. The van der Waals surface area contributed by atoms with Gasteiger partial charge in [0.2, 0.25) is 0 Å². The Bertz CT molecular complexity index is 930. The summed E-state index contributed by atoms with van der Waals surface area (Å²) in [6.45, 7) is 1.21. The summed E-state index contributed by atoms with van der Waals surface area (Å²) in [5.74, 6) is -0.668. The maximum atomic E-state index is 10.8. The SMILES string of the molecule is CC1OC(CO)C(O)C(O)C1O.O=S(=O)([O-])c1ccc2cc(O)c(O)cc2c1.[Na+]. The van der Waals surface area contributed by atoms with Gasteiger partial charge in [-0.1, -0.05) is 6.07 Å². The summed E-state index contributed by atoms with van der Waals surface area (Å²) in [7, 11) is -4.51. The Morgan fingerprint density at radius 3 is 2.03 bits per heavy atom. The van der Waals surface area contributed by atoms with E-state index in [0.29, 0.717) is 10.8 Å². The first-order valence-corrected chi connectivity index (χ1v) is 9.58. The Kier molecular flexibility index (Phi) is 9.30. The minimum Gasteiger partial charge on any atom is -0.744 e. The summed E-state index contributed by atoms with van der Waals surface area (Å²) < 4.78 is 37.3. The Labute approximate surface area is 189 Å². The van der Waals surface area contributed by atoms with Crippen molar-refractivity contribution in [2.24, 2.45) is 0 Å². The largest absolute Gasteiger partial charge is 1.00 e. The number of aromatic hydroxyl groups is 2. The first-order chi connectivity index (χ1) is 13.0. The van der Waals surface area contributed by atoms with Crippen LogP contribution in [0.2, 0.25) is 0 Å². The number of hydrogen-bond donors (Lipinski definition) is 6. The van der Waals surface area contributed by atoms with Crippen LogP contribution in [0.15, 0.2) is 35.2 Å². The number of aliphatic hydroxyl groups excluding tert-OH is 4. The van der Waals surface area contributed by atoms with Crippen molar-refractivity contribution in [3.63, 3.8) is 0 Å². The number of fused-ring (bicyclic) bond motifs is 1. The van der Waals surface area contributed by atoms with E-state index in [-0.39, 0.29) is 52.6 Å². The summed E-state index contributed by atoms with van der Waals surface area (Å²) in [5.41, 5.74) is 0. The summed E-state index contributed by atoms with van der Waals surface area (Å²) in [4.78, 5) is -0.370. The number of ether oxygens (including phenoxy) is 1. The predicted octanol–water partition coefficient (Wildman–Crippen LogP) is -3.99. The van der Waals surface area contributed by atoms with Gasteiger partial charge in [0.25, 0.3) is 0 Å². The van der Waals surface area contributed by atoms with E-state index in [1.807, 2.05) is 0 Å². The van der Waals surface area contributed by atoms with Gasteiger partial charge in [-0.25, -0.2) is 8.42 Å². The average molecular weight is 440 g/mol. The van der Waals surface area contributed by atoms with Crippen LogP contribution in [0.4, 0.5) is 0 Å². The van der Waals surface area contributed by atoms with Crippen molar-refractivity contribution in [3.8, 4) is 11.5 Å². The number of aliphatic hydroxyl groups is 4. The molecular weight excluding hydrogens is 419 g/mol. The Balaban J connectivity index is 0.000000292. The van der Waals surface area contributed by atoms with Gasteiger partial charge in [-0.15, -0.1) is 0 Å². The molecule has 5 unspecified atom stereocenters. The molecule has 1 aliphatic rings. The van der Waals surface area contributed by atoms with Gasteiger partial charge in [0.15, 0.2) is 11.5 Å². The fourth-order valence-electron chi connectivity index (χ4n) is 2.69. The first kappa shape index (κ1) is 26.0. The zero-order valence-electron chi connectivity index (χ0n) is 15.7. The molecule has 0 saturated carbocycles. The van der Waals surface area contributed by atoms with Crippen LogP contribution < -0.4 is 29.6 Å². The van der Waals surface area contributed by atoms with Gasteiger partial charge in [-0.05, 0) is 42.0 Å². The van der Waals surface area contributed by atoms with Crippen LogP contribution in [-0.4, -0.2) is 80.7 Å². The van der Waals surface area contributed by atoms with Crippen molar-refractivity contribution in [3.05, 3.63) is 30.3 Å². The Morgan fingerprint density at radius 2 is 1.52 bits per heavy atom. The molecule has 2 aromatic carbocycles. The van der Waals surface area contributed by atoms with Gasteiger partial charge >= 0.3 is 29.6 Å². The van der Waals surface area contributed by atoms with Gasteiger partial charge in [0, 0.05) is 0 Å². The normalized spacial score (nSPS) is 26.9. The van der Waals surface area contributed by atoms with Crippen LogP contribution in [0.1, 0.15) is 6.92 Å². The van der Waals surface area contributed by atoms with Crippen molar-refractivity contribution < 1.29 is 77.9 Å². The second kappa shape index (κ2) is 10.4. The van der Waals surface area contributed by atoms with E-state index in [2.05, 4.69) is 0 Å². The van der Waals surface area contributed by atoms with Crippen molar-refractivity contribution in [2.75, 3.05) is 6.61 Å². The molecule has 156 valence electrons. The summed E-state index contributed by atoms with van der Waals surface area (Å²) in [5, 5.41) is 55.7. The fraction of sp³-hybridized carbons (Fsp3) is 0.412. The molecule has 6 N–H and O–H groups in total. The number of benzene rings is 2. The molecule has 1 saturated heterocycles. The van der Waals surface area contributed by atoms with Gasteiger partial charge < -0.3 is 39.9 Å². The molecule has 1 aliphatic heterocycles. The second-order valence-electron chi connectivity index (χ2n) is 6.34. The molecule has 3 rings (SSSR count). The Morgan fingerprint density at radius 1 is 0.966 bits per heavy atom. The molecule has 12 heteroatoms. The van der Waals surface area contributed by atoms with E-state index < -0.39 is 40.6 Å². The molecule has 0 aliphatic carbocycles. The molecule has 0 amide bonds. The molecule has 0 bridgehead atoms. The number of phenolic OH excluding ortho intramolecular Hbond substituents is 2. The van der Waals surface area contributed by atoms with Crippen LogP contribution in [0, 0.1) is 0 Å². The average Bonchev–Trinajstić information content (AvgIpc) is 2.63. The number of phenols is 2. The second-order valence-corrected chi connectivity index (χ2v) is 7.72. The number of hydrogen-bond acceptors (Lipinski definition) is 10. The molecule has 0 spiro atoms. The van der Waals surface area contributed by atoms with E-state index in [1.54, 1.807) is 6.92 Å². The molecule has 1 fully saturated rings. The zero-order valence-corrected chi connectivity index (χ0v) is 18.5. The predicted molar refractivity (Wildman–Crippen MR) is 94.7 cm³/mol.